The van der Waals surface area contributed by atoms with Gasteiger partial charge in [0.15, 0.2) is 0 Å². The highest BCUT2D eigenvalue weighted by Gasteiger charge is 2.48. The highest BCUT2D eigenvalue weighted by atomic mass is 16.2. The predicted molar refractivity (Wildman–Crippen MR) is 103 cm³/mol. The molecule has 0 bridgehead atoms. The maximum Gasteiger partial charge on any atom is 0.233 e. The van der Waals surface area contributed by atoms with E-state index in [9.17, 15) is 14.4 Å². The van der Waals surface area contributed by atoms with E-state index in [1.165, 1.54) is 19.3 Å². The second kappa shape index (κ2) is 8.42. The maximum absolute atomic E-state index is 12.7. The van der Waals surface area contributed by atoms with Crippen molar-refractivity contribution < 1.29 is 14.4 Å². The Balaban J connectivity index is 1.24. The highest BCUT2D eigenvalue weighted by molar-refractivity contribution is 6.05. The van der Waals surface area contributed by atoms with Crippen LogP contribution in [-0.2, 0) is 14.4 Å². The molecular formula is C22H34N2O3. The summed E-state index contributed by atoms with van der Waals surface area (Å²) in [7, 11) is 0. The smallest absolute Gasteiger partial charge is 0.233 e. The van der Waals surface area contributed by atoms with Crippen LogP contribution in [-0.4, -0.2) is 53.6 Å². The molecule has 2 unspecified atom stereocenters. The third kappa shape index (κ3) is 4.13. The fourth-order valence-electron chi connectivity index (χ4n) is 5.77. The molecule has 5 nitrogen and oxygen atoms in total. The number of Topliss-reactive ketones (excluding diaryl/α,β-unsaturated/α-hetero) is 1. The van der Waals surface area contributed by atoms with Crippen LogP contribution in [0.5, 0.6) is 0 Å². The molecule has 0 aromatic carbocycles. The van der Waals surface area contributed by atoms with Crippen LogP contribution in [0.2, 0.25) is 0 Å². The van der Waals surface area contributed by atoms with E-state index in [2.05, 4.69) is 4.90 Å². The minimum absolute atomic E-state index is 0.0283. The summed E-state index contributed by atoms with van der Waals surface area (Å²) in [6.07, 6.45) is 11.8. The second-order valence-corrected chi connectivity index (χ2v) is 9.31. The molecule has 5 heteroatoms. The van der Waals surface area contributed by atoms with Crippen molar-refractivity contribution in [1.29, 1.82) is 0 Å². The van der Waals surface area contributed by atoms with Crippen LogP contribution in [0.3, 0.4) is 0 Å². The van der Waals surface area contributed by atoms with Crippen molar-refractivity contribution >= 4 is 17.6 Å². The van der Waals surface area contributed by atoms with Crippen molar-refractivity contribution in [3.63, 3.8) is 0 Å². The number of amides is 2. The van der Waals surface area contributed by atoms with Gasteiger partial charge in [-0.05, 0) is 57.5 Å². The van der Waals surface area contributed by atoms with Crippen LogP contribution < -0.4 is 0 Å². The largest absolute Gasteiger partial charge is 0.298 e. The molecule has 27 heavy (non-hydrogen) atoms. The van der Waals surface area contributed by atoms with E-state index >= 15 is 0 Å². The lowest BCUT2D eigenvalue weighted by molar-refractivity contribution is -0.140. The topological polar surface area (TPSA) is 57.7 Å². The first kappa shape index (κ1) is 19.1. The van der Waals surface area contributed by atoms with Gasteiger partial charge in [-0.3, -0.25) is 24.2 Å². The van der Waals surface area contributed by atoms with E-state index in [0.717, 1.165) is 64.5 Å². The van der Waals surface area contributed by atoms with Crippen LogP contribution in [0.1, 0.15) is 70.6 Å². The number of nitrogens with zero attached hydrogens (tertiary/aromatic N) is 2. The number of hydrogen-bond donors (Lipinski definition) is 0. The zero-order valence-electron chi connectivity index (χ0n) is 16.5. The first-order valence-corrected chi connectivity index (χ1v) is 11.2. The van der Waals surface area contributed by atoms with Crippen LogP contribution in [0, 0.1) is 23.7 Å². The summed E-state index contributed by atoms with van der Waals surface area (Å²) in [6.45, 7) is 3.05. The Kier molecular flexibility index (Phi) is 5.96. The zero-order chi connectivity index (χ0) is 18.8. The fourth-order valence-corrected chi connectivity index (χ4v) is 5.77. The number of carbonyl (C=O) groups excluding carboxylic acids is 3. The van der Waals surface area contributed by atoms with Crippen LogP contribution in [0.25, 0.3) is 0 Å². The minimum Gasteiger partial charge on any atom is -0.298 e. The van der Waals surface area contributed by atoms with Gasteiger partial charge in [-0.1, -0.05) is 32.1 Å². The van der Waals surface area contributed by atoms with Gasteiger partial charge in [0.1, 0.15) is 5.78 Å². The minimum atomic E-state index is -0.0283. The molecule has 2 atom stereocenters. The third-order valence-corrected chi connectivity index (χ3v) is 7.52. The Labute approximate surface area is 162 Å². The molecule has 2 amide bonds. The van der Waals surface area contributed by atoms with Crippen molar-refractivity contribution in [2.24, 2.45) is 23.7 Å². The van der Waals surface area contributed by atoms with Gasteiger partial charge in [0.05, 0.1) is 18.4 Å². The number of fused-ring (bicyclic) bond motifs is 1. The number of piperidine rings is 1. The van der Waals surface area contributed by atoms with E-state index < -0.39 is 0 Å². The summed E-state index contributed by atoms with van der Waals surface area (Å²) < 4.78 is 0. The molecule has 0 spiro atoms. The molecule has 150 valence electrons. The summed E-state index contributed by atoms with van der Waals surface area (Å²) in [4.78, 5) is 41.7. The molecule has 2 saturated carbocycles. The van der Waals surface area contributed by atoms with Gasteiger partial charge in [-0.15, -0.1) is 0 Å². The van der Waals surface area contributed by atoms with Gasteiger partial charge >= 0.3 is 0 Å². The Morgan fingerprint density at radius 1 is 0.778 bits per heavy atom. The van der Waals surface area contributed by atoms with Crippen molar-refractivity contribution in [1.82, 2.24) is 9.80 Å². The number of rotatable bonds is 5. The van der Waals surface area contributed by atoms with Gasteiger partial charge in [0, 0.05) is 12.5 Å². The third-order valence-electron chi connectivity index (χ3n) is 7.52. The predicted octanol–water partition coefficient (Wildman–Crippen LogP) is 3.02. The van der Waals surface area contributed by atoms with Crippen LogP contribution in [0.15, 0.2) is 0 Å². The average molecular weight is 375 g/mol. The molecule has 0 aromatic rings. The summed E-state index contributed by atoms with van der Waals surface area (Å²) in [6, 6.07) is 0. The van der Waals surface area contributed by atoms with Gasteiger partial charge in [-0.2, -0.15) is 0 Å². The quantitative estimate of drug-likeness (QED) is 0.694. The first-order valence-electron chi connectivity index (χ1n) is 11.2. The molecule has 0 aromatic heterocycles. The average Bonchev–Trinajstić information content (AvgIpc) is 2.95. The van der Waals surface area contributed by atoms with E-state index in [1.807, 2.05) is 0 Å². The normalized spacial score (nSPS) is 31.3. The van der Waals surface area contributed by atoms with Gasteiger partial charge in [-0.25, -0.2) is 0 Å². The highest BCUT2D eigenvalue weighted by Crippen LogP contribution is 2.38. The molecule has 4 rings (SSSR count). The molecule has 2 saturated heterocycles. The van der Waals surface area contributed by atoms with E-state index in [0.29, 0.717) is 30.7 Å². The molecule has 4 fully saturated rings. The molecule has 0 radical (unpaired) electrons. The van der Waals surface area contributed by atoms with Crippen molar-refractivity contribution in [2.45, 2.75) is 70.6 Å². The Bertz CT molecular complexity index is 552. The Morgan fingerprint density at radius 2 is 1.33 bits per heavy atom. The second-order valence-electron chi connectivity index (χ2n) is 9.31. The lowest BCUT2D eigenvalue weighted by Gasteiger charge is -2.34. The number of hydrogen-bond acceptors (Lipinski definition) is 4. The molecule has 2 aliphatic carbocycles. The van der Waals surface area contributed by atoms with Crippen molar-refractivity contribution in [2.75, 3.05) is 26.2 Å². The fraction of sp³-hybridized carbons (Fsp3) is 0.864. The molecule has 0 N–H and O–H groups in total. The Hall–Kier alpha value is -1.23. The first-order chi connectivity index (χ1) is 13.1. The summed E-state index contributed by atoms with van der Waals surface area (Å²) in [5.74, 6) is 1.26. The van der Waals surface area contributed by atoms with Crippen molar-refractivity contribution in [3.05, 3.63) is 0 Å². The number of ketones is 1. The van der Waals surface area contributed by atoms with Crippen LogP contribution >= 0.6 is 0 Å². The molecular weight excluding hydrogens is 340 g/mol. The number of likely N-dealkylation sites (tertiary alicyclic amines) is 2. The lowest BCUT2D eigenvalue weighted by atomic mass is 9.81. The monoisotopic (exact) mass is 374 g/mol. The van der Waals surface area contributed by atoms with Crippen molar-refractivity contribution in [3.8, 4) is 0 Å². The summed E-state index contributed by atoms with van der Waals surface area (Å²) in [5.41, 5.74) is 0. The summed E-state index contributed by atoms with van der Waals surface area (Å²) >= 11 is 0. The summed E-state index contributed by atoms with van der Waals surface area (Å²) in [5, 5.41) is 0. The molecule has 2 heterocycles. The zero-order valence-corrected chi connectivity index (χ0v) is 16.5. The standard InChI is InChI=1S/C22H34N2O3/c25-20(17-6-2-1-3-7-17)15-23-12-10-16(11-13-23)14-24-21(26)18-8-4-5-9-19(18)22(24)27/h16-19H,1-15H2. The van der Waals surface area contributed by atoms with E-state index in [4.69, 9.17) is 0 Å². The lowest BCUT2D eigenvalue weighted by Crippen LogP contribution is -2.43. The Morgan fingerprint density at radius 3 is 1.93 bits per heavy atom. The van der Waals surface area contributed by atoms with Gasteiger partial charge in [0.25, 0.3) is 0 Å². The van der Waals surface area contributed by atoms with E-state index in [-0.39, 0.29) is 23.7 Å². The van der Waals surface area contributed by atoms with Gasteiger partial charge in [0.2, 0.25) is 11.8 Å². The maximum atomic E-state index is 12.7. The van der Waals surface area contributed by atoms with E-state index in [1.54, 1.807) is 4.90 Å². The number of carbonyl (C=O) groups is 3. The van der Waals surface area contributed by atoms with Gasteiger partial charge < -0.3 is 0 Å². The molecule has 2 aliphatic heterocycles. The SMILES string of the molecule is O=C(CN1CCC(CN2C(=O)C3CCCCC3C2=O)CC1)C1CCCCC1. The molecule has 4 aliphatic rings. The number of imide groups is 1. The van der Waals surface area contributed by atoms with Crippen LogP contribution in [0.4, 0.5) is 0 Å².